The summed E-state index contributed by atoms with van der Waals surface area (Å²) in [6.45, 7) is 6.55. The SMILES string of the molecule is CC(C)CNC(=O)CCNC(=O)C1(CN)CCOCC1. The largest absolute Gasteiger partial charge is 0.381 e. The Kier molecular flexibility index (Phi) is 6.95. The second-order valence-corrected chi connectivity index (χ2v) is 5.80. The van der Waals surface area contributed by atoms with Crippen LogP contribution in [-0.4, -0.2) is 44.7 Å². The van der Waals surface area contributed by atoms with Gasteiger partial charge in [0.25, 0.3) is 0 Å². The van der Waals surface area contributed by atoms with Gasteiger partial charge in [-0.1, -0.05) is 13.8 Å². The fourth-order valence-corrected chi connectivity index (χ4v) is 2.17. The molecule has 0 atom stereocenters. The maximum absolute atomic E-state index is 12.2. The van der Waals surface area contributed by atoms with Crippen molar-refractivity contribution in [3.8, 4) is 0 Å². The van der Waals surface area contributed by atoms with Gasteiger partial charge in [0.15, 0.2) is 0 Å². The van der Waals surface area contributed by atoms with E-state index in [1.54, 1.807) is 0 Å². The van der Waals surface area contributed by atoms with Crippen LogP contribution in [0.4, 0.5) is 0 Å². The van der Waals surface area contributed by atoms with Crippen molar-refractivity contribution < 1.29 is 14.3 Å². The van der Waals surface area contributed by atoms with E-state index in [1.165, 1.54) is 0 Å². The van der Waals surface area contributed by atoms with E-state index in [-0.39, 0.29) is 11.8 Å². The maximum Gasteiger partial charge on any atom is 0.227 e. The predicted molar refractivity (Wildman–Crippen MR) is 77.0 cm³/mol. The maximum atomic E-state index is 12.2. The first kappa shape index (κ1) is 16.9. The van der Waals surface area contributed by atoms with Crippen LogP contribution >= 0.6 is 0 Å². The van der Waals surface area contributed by atoms with Crippen molar-refractivity contribution in [2.45, 2.75) is 33.1 Å². The number of hydrogen-bond donors (Lipinski definition) is 3. The summed E-state index contributed by atoms with van der Waals surface area (Å²) in [5.74, 6) is 0.337. The Morgan fingerprint density at radius 3 is 2.45 bits per heavy atom. The van der Waals surface area contributed by atoms with Gasteiger partial charge in [0.05, 0.1) is 5.41 Å². The molecule has 4 N–H and O–H groups in total. The normalized spacial score (nSPS) is 17.8. The number of hydrogen-bond acceptors (Lipinski definition) is 4. The van der Waals surface area contributed by atoms with Crippen molar-refractivity contribution in [1.29, 1.82) is 0 Å². The van der Waals surface area contributed by atoms with Crippen molar-refractivity contribution in [1.82, 2.24) is 10.6 Å². The Bertz CT molecular complexity index is 326. The average molecular weight is 285 g/mol. The molecule has 1 aliphatic rings. The first-order chi connectivity index (χ1) is 9.50. The van der Waals surface area contributed by atoms with E-state index in [9.17, 15) is 9.59 Å². The van der Waals surface area contributed by atoms with E-state index in [1.807, 2.05) is 13.8 Å². The van der Waals surface area contributed by atoms with E-state index in [4.69, 9.17) is 10.5 Å². The van der Waals surface area contributed by atoms with Gasteiger partial charge < -0.3 is 21.1 Å². The number of nitrogens with two attached hydrogens (primary N) is 1. The van der Waals surface area contributed by atoms with Crippen molar-refractivity contribution in [2.24, 2.45) is 17.1 Å². The van der Waals surface area contributed by atoms with Crippen LogP contribution in [-0.2, 0) is 14.3 Å². The van der Waals surface area contributed by atoms with Crippen LogP contribution in [0, 0.1) is 11.3 Å². The Balaban J connectivity index is 2.29. The molecule has 0 spiro atoms. The lowest BCUT2D eigenvalue weighted by molar-refractivity contribution is -0.136. The third kappa shape index (κ3) is 5.09. The standard InChI is InChI=1S/C14H27N3O3/c1-11(2)9-17-12(18)3-6-16-13(19)14(10-15)4-7-20-8-5-14/h11H,3-10,15H2,1-2H3,(H,16,19)(H,17,18). The van der Waals surface area contributed by atoms with Gasteiger partial charge in [-0.3, -0.25) is 9.59 Å². The van der Waals surface area contributed by atoms with Crippen LogP contribution in [0.5, 0.6) is 0 Å². The van der Waals surface area contributed by atoms with Crippen LogP contribution in [0.25, 0.3) is 0 Å². The van der Waals surface area contributed by atoms with Crippen LogP contribution in [0.15, 0.2) is 0 Å². The van der Waals surface area contributed by atoms with E-state index in [2.05, 4.69) is 10.6 Å². The lowest BCUT2D eigenvalue weighted by atomic mass is 9.79. The fourth-order valence-electron chi connectivity index (χ4n) is 2.17. The summed E-state index contributed by atoms with van der Waals surface area (Å²) in [4.78, 5) is 23.8. The van der Waals surface area contributed by atoms with Crippen molar-refractivity contribution >= 4 is 11.8 Å². The molecule has 1 heterocycles. The highest BCUT2D eigenvalue weighted by Gasteiger charge is 2.38. The molecule has 1 fully saturated rings. The molecule has 0 unspecified atom stereocenters. The van der Waals surface area contributed by atoms with Gasteiger partial charge in [0.2, 0.25) is 11.8 Å². The van der Waals surface area contributed by atoms with Gasteiger partial charge in [-0.15, -0.1) is 0 Å². The summed E-state index contributed by atoms with van der Waals surface area (Å²) < 4.78 is 5.27. The monoisotopic (exact) mass is 285 g/mol. The van der Waals surface area contributed by atoms with Crippen LogP contribution in [0.2, 0.25) is 0 Å². The third-order valence-electron chi connectivity index (χ3n) is 3.67. The molecule has 0 aromatic heterocycles. The molecule has 1 saturated heterocycles. The summed E-state index contributed by atoms with van der Waals surface area (Å²) in [7, 11) is 0. The van der Waals surface area contributed by atoms with Gasteiger partial charge in [0.1, 0.15) is 0 Å². The summed E-state index contributed by atoms with van der Waals surface area (Å²) in [6.07, 6.45) is 1.60. The smallest absolute Gasteiger partial charge is 0.227 e. The van der Waals surface area contributed by atoms with Gasteiger partial charge in [-0.2, -0.15) is 0 Å². The topological polar surface area (TPSA) is 93.5 Å². The first-order valence-corrected chi connectivity index (χ1v) is 7.33. The number of amides is 2. The molecule has 6 nitrogen and oxygen atoms in total. The van der Waals surface area contributed by atoms with Gasteiger partial charge in [-0.25, -0.2) is 0 Å². The Morgan fingerprint density at radius 1 is 1.25 bits per heavy atom. The molecule has 0 saturated carbocycles. The van der Waals surface area contributed by atoms with E-state index in [0.717, 1.165) is 0 Å². The summed E-state index contributed by atoms with van der Waals surface area (Å²) in [6, 6.07) is 0. The molecule has 6 heteroatoms. The van der Waals surface area contributed by atoms with Crippen molar-refractivity contribution in [2.75, 3.05) is 32.8 Å². The zero-order chi connectivity index (χ0) is 15.0. The quantitative estimate of drug-likeness (QED) is 0.615. The summed E-state index contributed by atoms with van der Waals surface area (Å²) in [5.41, 5.74) is 5.23. The summed E-state index contributed by atoms with van der Waals surface area (Å²) in [5, 5.41) is 5.65. The van der Waals surface area contributed by atoms with E-state index >= 15 is 0 Å². The number of ether oxygens (including phenoxy) is 1. The zero-order valence-electron chi connectivity index (χ0n) is 12.5. The Morgan fingerprint density at radius 2 is 1.90 bits per heavy atom. The van der Waals surface area contributed by atoms with E-state index in [0.29, 0.717) is 58.0 Å². The zero-order valence-corrected chi connectivity index (χ0v) is 12.5. The fraction of sp³-hybridized carbons (Fsp3) is 0.857. The molecule has 0 bridgehead atoms. The molecule has 1 rings (SSSR count). The molecular formula is C14H27N3O3. The highest BCUT2D eigenvalue weighted by Crippen LogP contribution is 2.29. The second kappa shape index (κ2) is 8.21. The molecule has 1 aliphatic heterocycles. The lowest BCUT2D eigenvalue weighted by Gasteiger charge is -2.34. The molecule has 116 valence electrons. The van der Waals surface area contributed by atoms with Crippen molar-refractivity contribution in [3.63, 3.8) is 0 Å². The van der Waals surface area contributed by atoms with Crippen LogP contribution < -0.4 is 16.4 Å². The van der Waals surface area contributed by atoms with Crippen LogP contribution in [0.3, 0.4) is 0 Å². The first-order valence-electron chi connectivity index (χ1n) is 7.33. The van der Waals surface area contributed by atoms with Crippen molar-refractivity contribution in [3.05, 3.63) is 0 Å². The number of carbonyl (C=O) groups excluding carboxylic acids is 2. The minimum atomic E-state index is -0.521. The number of nitrogens with one attached hydrogen (secondary N) is 2. The highest BCUT2D eigenvalue weighted by molar-refractivity contribution is 5.84. The molecule has 20 heavy (non-hydrogen) atoms. The molecule has 0 aromatic rings. The summed E-state index contributed by atoms with van der Waals surface area (Å²) >= 11 is 0. The molecule has 0 radical (unpaired) electrons. The number of carbonyl (C=O) groups is 2. The van der Waals surface area contributed by atoms with Gasteiger partial charge in [0, 0.05) is 39.3 Å². The van der Waals surface area contributed by atoms with E-state index < -0.39 is 5.41 Å². The highest BCUT2D eigenvalue weighted by atomic mass is 16.5. The molecule has 0 aromatic carbocycles. The van der Waals surface area contributed by atoms with Gasteiger partial charge in [-0.05, 0) is 18.8 Å². The molecule has 2 amide bonds. The third-order valence-corrected chi connectivity index (χ3v) is 3.67. The number of rotatable bonds is 7. The minimum Gasteiger partial charge on any atom is -0.381 e. The average Bonchev–Trinajstić information content (AvgIpc) is 2.45. The molecule has 0 aliphatic carbocycles. The Hall–Kier alpha value is -1.14. The predicted octanol–water partition coefficient (Wildman–Crippen LogP) is 0.0204. The van der Waals surface area contributed by atoms with Gasteiger partial charge >= 0.3 is 0 Å². The molecular weight excluding hydrogens is 258 g/mol. The van der Waals surface area contributed by atoms with Crippen LogP contribution in [0.1, 0.15) is 33.1 Å². The Labute approximate surface area is 120 Å². The lowest BCUT2D eigenvalue weighted by Crippen LogP contribution is -2.49. The second-order valence-electron chi connectivity index (χ2n) is 5.80. The minimum absolute atomic E-state index is 0.0345.